The fourth-order valence-corrected chi connectivity index (χ4v) is 5.25. The quantitative estimate of drug-likeness (QED) is 0.745. The van der Waals surface area contributed by atoms with Crippen molar-refractivity contribution in [1.82, 2.24) is 4.31 Å². The summed E-state index contributed by atoms with van der Waals surface area (Å²) < 4.78 is 33.2. The summed E-state index contributed by atoms with van der Waals surface area (Å²) in [4.78, 5) is 12.7. The Morgan fingerprint density at radius 1 is 1.13 bits per heavy atom. The molecule has 0 radical (unpaired) electrons. The highest BCUT2D eigenvalue weighted by atomic mass is 35.5. The zero-order valence-electron chi connectivity index (χ0n) is 16.5. The van der Waals surface area contributed by atoms with Gasteiger partial charge in [0.15, 0.2) is 0 Å². The maximum atomic E-state index is 13.2. The zero-order valence-corrected chi connectivity index (χ0v) is 18.1. The maximum Gasteiger partial charge on any atom is 0.255 e. The molecule has 2 aromatic carbocycles. The zero-order chi connectivity index (χ0) is 21.7. The first kappa shape index (κ1) is 22.1. The molecule has 0 saturated carbocycles. The highest BCUT2D eigenvalue weighted by molar-refractivity contribution is 7.89. The van der Waals surface area contributed by atoms with E-state index in [0.29, 0.717) is 24.3 Å². The van der Waals surface area contributed by atoms with Crippen molar-refractivity contribution in [3.8, 4) is 11.8 Å². The molecule has 1 N–H and O–H groups in total. The van der Waals surface area contributed by atoms with E-state index >= 15 is 0 Å². The van der Waals surface area contributed by atoms with E-state index < -0.39 is 15.9 Å². The molecule has 1 amide bonds. The Labute approximate surface area is 181 Å². The first-order chi connectivity index (χ1) is 14.4. The van der Waals surface area contributed by atoms with E-state index in [4.69, 9.17) is 21.6 Å². The molecule has 30 heavy (non-hydrogen) atoms. The van der Waals surface area contributed by atoms with Gasteiger partial charge in [-0.15, -0.1) is 0 Å². The fraction of sp³-hybridized carbons (Fsp3) is 0.333. The highest BCUT2D eigenvalue weighted by Gasteiger charge is 2.29. The Hall–Kier alpha value is -2.60. The van der Waals surface area contributed by atoms with Crippen molar-refractivity contribution in [2.45, 2.75) is 30.6 Å². The van der Waals surface area contributed by atoms with E-state index in [9.17, 15) is 13.2 Å². The van der Waals surface area contributed by atoms with Crippen molar-refractivity contribution in [3.63, 3.8) is 0 Å². The molecule has 7 nitrogen and oxygen atoms in total. The molecule has 1 heterocycles. The predicted octanol–water partition coefficient (Wildman–Crippen LogP) is 4.04. The van der Waals surface area contributed by atoms with Crippen LogP contribution in [0.1, 0.15) is 41.6 Å². The molecule has 3 rings (SSSR count). The van der Waals surface area contributed by atoms with Gasteiger partial charge >= 0.3 is 0 Å². The number of methoxy groups -OCH3 is 1. The predicted molar refractivity (Wildman–Crippen MR) is 114 cm³/mol. The molecule has 9 heteroatoms. The van der Waals surface area contributed by atoms with Crippen molar-refractivity contribution >= 4 is 33.2 Å². The van der Waals surface area contributed by atoms with Crippen LogP contribution in [0.4, 0.5) is 5.69 Å². The lowest BCUT2D eigenvalue weighted by molar-refractivity contribution is 0.102. The van der Waals surface area contributed by atoms with E-state index in [1.807, 2.05) is 6.07 Å². The van der Waals surface area contributed by atoms with Crippen molar-refractivity contribution in [3.05, 3.63) is 52.5 Å². The van der Waals surface area contributed by atoms with Crippen LogP contribution in [-0.4, -0.2) is 38.8 Å². The van der Waals surface area contributed by atoms with Crippen molar-refractivity contribution in [1.29, 1.82) is 5.26 Å². The average Bonchev–Trinajstić information content (AvgIpc) is 3.03. The molecule has 2 aromatic rings. The third-order valence-corrected chi connectivity index (χ3v) is 7.19. The van der Waals surface area contributed by atoms with Crippen molar-refractivity contribution in [2.24, 2.45) is 0 Å². The molecule has 1 fully saturated rings. The highest BCUT2D eigenvalue weighted by Crippen LogP contribution is 2.30. The third-order valence-electron chi connectivity index (χ3n) is 4.96. The molecule has 0 aliphatic carbocycles. The number of nitrogens with one attached hydrogen (secondary N) is 1. The molecule has 1 saturated heterocycles. The van der Waals surface area contributed by atoms with Crippen LogP contribution < -0.4 is 10.1 Å². The first-order valence-corrected chi connectivity index (χ1v) is 11.4. The number of anilines is 1. The number of benzene rings is 2. The summed E-state index contributed by atoms with van der Waals surface area (Å²) in [5, 5.41) is 11.8. The largest absolute Gasteiger partial charge is 0.495 e. The molecule has 158 valence electrons. The standard InChI is InChI=1S/C21H22ClN3O4S/c1-29-19-9-7-15(21(26)24-17-8-6-16(14-23)18(22)13-17)12-20(19)30(27,28)25-10-4-2-3-5-11-25/h6-9,12-13H,2-5,10-11H2,1H3,(H,24,26). The summed E-state index contributed by atoms with van der Waals surface area (Å²) in [6.45, 7) is 0.900. The van der Waals surface area contributed by atoms with Gasteiger partial charge in [0, 0.05) is 24.3 Å². The minimum absolute atomic E-state index is 0.0302. The molecule has 0 spiro atoms. The minimum atomic E-state index is -3.80. The Bertz CT molecular complexity index is 1090. The van der Waals surface area contributed by atoms with Gasteiger partial charge < -0.3 is 10.1 Å². The average molecular weight is 448 g/mol. The molecule has 1 aliphatic rings. The second kappa shape index (κ2) is 9.47. The summed E-state index contributed by atoms with van der Waals surface area (Å²) in [5.74, 6) is -0.303. The number of nitriles is 1. The van der Waals surface area contributed by atoms with Crippen LogP contribution in [0.5, 0.6) is 5.75 Å². The lowest BCUT2D eigenvalue weighted by atomic mass is 10.2. The van der Waals surface area contributed by atoms with Crippen LogP contribution in [0.3, 0.4) is 0 Å². The number of halogens is 1. The number of rotatable bonds is 5. The Morgan fingerprint density at radius 3 is 2.43 bits per heavy atom. The minimum Gasteiger partial charge on any atom is -0.495 e. The van der Waals surface area contributed by atoms with Crippen LogP contribution >= 0.6 is 11.6 Å². The smallest absolute Gasteiger partial charge is 0.255 e. The second-order valence-corrected chi connectivity index (χ2v) is 9.26. The number of ether oxygens (including phenoxy) is 1. The van der Waals surface area contributed by atoms with Gasteiger partial charge in [0.1, 0.15) is 16.7 Å². The Morgan fingerprint density at radius 2 is 1.83 bits per heavy atom. The number of hydrogen-bond acceptors (Lipinski definition) is 5. The number of amides is 1. The summed E-state index contributed by atoms with van der Waals surface area (Å²) in [7, 11) is -2.40. The topological polar surface area (TPSA) is 99.5 Å². The van der Waals surface area contributed by atoms with E-state index in [1.54, 1.807) is 6.07 Å². The van der Waals surface area contributed by atoms with Gasteiger partial charge in [0.25, 0.3) is 5.91 Å². The van der Waals surface area contributed by atoms with E-state index in [1.165, 1.54) is 41.7 Å². The van der Waals surface area contributed by atoms with Crippen LogP contribution in [0.25, 0.3) is 0 Å². The molecule has 0 atom stereocenters. The second-order valence-electron chi connectivity index (χ2n) is 6.94. The van der Waals surface area contributed by atoms with Crippen molar-refractivity contribution < 1.29 is 17.9 Å². The molecule has 1 aliphatic heterocycles. The third kappa shape index (κ3) is 4.75. The molecular formula is C21H22ClN3O4S. The van der Waals surface area contributed by atoms with Gasteiger partial charge in [-0.2, -0.15) is 9.57 Å². The van der Waals surface area contributed by atoms with Crippen LogP contribution in [0, 0.1) is 11.3 Å². The lowest BCUT2D eigenvalue weighted by Crippen LogP contribution is -2.32. The summed E-state index contributed by atoms with van der Waals surface area (Å²) in [6.07, 6.45) is 3.61. The molecule has 0 unspecified atom stereocenters. The molecular weight excluding hydrogens is 426 g/mol. The Balaban J connectivity index is 1.91. The van der Waals surface area contributed by atoms with Crippen LogP contribution in [0.15, 0.2) is 41.3 Å². The maximum absolute atomic E-state index is 13.2. The van der Waals surface area contributed by atoms with Gasteiger partial charge in [0.2, 0.25) is 10.0 Å². The van der Waals surface area contributed by atoms with Crippen LogP contribution in [0.2, 0.25) is 5.02 Å². The van der Waals surface area contributed by atoms with E-state index in [-0.39, 0.29) is 21.2 Å². The van der Waals surface area contributed by atoms with E-state index in [2.05, 4.69) is 5.32 Å². The summed E-state index contributed by atoms with van der Waals surface area (Å²) in [5.41, 5.74) is 0.867. The number of nitrogens with zero attached hydrogens (tertiary/aromatic N) is 2. The summed E-state index contributed by atoms with van der Waals surface area (Å²) >= 11 is 6.01. The van der Waals surface area contributed by atoms with Gasteiger partial charge in [0.05, 0.1) is 17.7 Å². The van der Waals surface area contributed by atoms with Crippen molar-refractivity contribution in [2.75, 3.05) is 25.5 Å². The Kier molecular flexibility index (Phi) is 6.98. The number of carbonyl (C=O) groups excluding carboxylic acids is 1. The van der Waals surface area contributed by atoms with Crippen LogP contribution in [-0.2, 0) is 10.0 Å². The lowest BCUT2D eigenvalue weighted by Gasteiger charge is -2.21. The number of carbonyl (C=O) groups is 1. The monoisotopic (exact) mass is 447 g/mol. The number of hydrogen-bond donors (Lipinski definition) is 1. The van der Waals surface area contributed by atoms with Gasteiger partial charge in [-0.05, 0) is 49.2 Å². The number of sulfonamides is 1. The fourth-order valence-electron chi connectivity index (χ4n) is 3.33. The first-order valence-electron chi connectivity index (χ1n) is 9.56. The normalized spacial score (nSPS) is 15.1. The van der Waals surface area contributed by atoms with Gasteiger partial charge in [-0.3, -0.25) is 4.79 Å². The van der Waals surface area contributed by atoms with E-state index in [0.717, 1.165) is 25.7 Å². The molecule has 0 bridgehead atoms. The SMILES string of the molecule is COc1ccc(C(=O)Nc2ccc(C#N)c(Cl)c2)cc1S(=O)(=O)N1CCCCCC1. The summed E-state index contributed by atoms with van der Waals surface area (Å²) in [6, 6.07) is 10.8. The van der Waals surface area contributed by atoms with Gasteiger partial charge in [-0.25, -0.2) is 8.42 Å². The molecule has 0 aromatic heterocycles. The van der Waals surface area contributed by atoms with Gasteiger partial charge in [-0.1, -0.05) is 24.4 Å².